The molecule has 0 unspecified atom stereocenters. The van der Waals surface area contributed by atoms with Gasteiger partial charge in [0.15, 0.2) is 0 Å². The summed E-state index contributed by atoms with van der Waals surface area (Å²) in [5.74, 6) is 0. The topological polar surface area (TPSA) is 48.0 Å². The maximum atomic E-state index is 11.4. The molecule has 0 radical (unpaired) electrons. The molecule has 0 saturated heterocycles. The molecule has 0 aliphatic heterocycles. The highest BCUT2D eigenvalue weighted by molar-refractivity contribution is 5.33. The molecule has 1 aromatic heterocycles. The van der Waals surface area contributed by atoms with E-state index in [-0.39, 0.29) is 11.6 Å². The van der Waals surface area contributed by atoms with Crippen molar-refractivity contribution in [3.05, 3.63) is 28.7 Å². The minimum Gasteiger partial charge on any atom is -0.398 e. The van der Waals surface area contributed by atoms with Crippen molar-refractivity contribution in [1.82, 2.24) is 4.57 Å². The highest BCUT2D eigenvalue weighted by atomic mass is 16.1. The molecule has 0 aromatic carbocycles. The third-order valence-corrected chi connectivity index (χ3v) is 2.30. The third-order valence-electron chi connectivity index (χ3n) is 2.30. The molecule has 0 saturated carbocycles. The average molecular weight is 180 g/mol. The summed E-state index contributed by atoms with van der Waals surface area (Å²) in [6.45, 7) is 4.15. The standard InChI is InChI=1S/C10H16N2O/c1-3-9(4-2)12-7-8(11)5-6-10(12)13/h5-7,9H,3-4,11H2,1-2H3. The smallest absolute Gasteiger partial charge is 0.250 e. The van der Waals surface area contributed by atoms with Gasteiger partial charge in [0.1, 0.15) is 0 Å². The van der Waals surface area contributed by atoms with Crippen LogP contribution in [0.5, 0.6) is 0 Å². The Morgan fingerprint density at radius 1 is 1.38 bits per heavy atom. The van der Waals surface area contributed by atoms with Crippen molar-refractivity contribution >= 4 is 5.69 Å². The Bertz CT molecular complexity index is 326. The van der Waals surface area contributed by atoms with Crippen LogP contribution in [0.1, 0.15) is 32.7 Å². The number of hydrogen-bond donors (Lipinski definition) is 1. The van der Waals surface area contributed by atoms with Crippen molar-refractivity contribution in [2.45, 2.75) is 32.7 Å². The van der Waals surface area contributed by atoms with Crippen molar-refractivity contribution < 1.29 is 0 Å². The van der Waals surface area contributed by atoms with Crippen LogP contribution in [0.2, 0.25) is 0 Å². The lowest BCUT2D eigenvalue weighted by atomic mass is 10.1. The number of nitrogens with zero attached hydrogens (tertiary/aromatic N) is 1. The largest absolute Gasteiger partial charge is 0.398 e. The molecule has 0 bridgehead atoms. The van der Waals surface area contributed by atoms with Gasteiger partial charge in [0.25, 0.3) is 5.56 Å². The van der Waals surface area contributed by atoms with Gasteiger partial charge < -0.3 is 10.3 Å². The molecular formula is C10H16N2O. The third kappa shape index (κ3) is 2.11. The fourth-order valence-electron chi connectivity index (χ4n) is 1.49. The van der Waals surface area contributed by atoms with Gasteiger partial charge in [-0.2, -0.15) is 0 Å². The summed E-state index contributed by atoms with van der Waals surface area (Å²) in [5, 5.41) is 0. The van der Waals surface area contributed by atoms with Crippen molar-refractivity contribution in [1.29, 1.82) is 0 Å². The van der Waals surface area contributed by atoms with Gasteiger partial charge in [0, 0.05) is 24.0 Å². The van der Waals surface area contributed by atoms with Crippen molar-refractivity contribution in [2.24, 2.45) is 0 Å². The first-order valence-corrected chi connectivity index (χ1v) is 4.66. The Morgan fingerprint density at radius 2 is 2.00 bits per heavy atom. The Kier molecular flexibility index (Phi) is 3.12. The first kappa shape index (κ1) is 9.84. The summed E-state index contributed by atoms with van der Waals surface area (Å²) in [7, 11) is 0. The van der Waals surface area contributed by atoms with Gasteiger partial charge in [0.2, 0.25) is 0 Å². The second-order valence-electron chi connectivity index (χ2n) is 3.18. The van der Waals surface area contributed by atoms with Crippen molar-refractivity contribution in [3.8, 4) is 0 Å². The average Bonchev–Trinajstić information content (AvgIpc) is 2.13. The molecule has 0 fully saturated rings. The fraction of sp³-hybridized carbons (Fsp3) is 0.500. The van der Waals surface area contributed by atoms with Gasteiger partial charge >= 0.3 is 0 Å². The molecule has 0 spiro atoms. The summed E-state index contributed by atoms with van der Waals surface area (Å²) < 4.78 is 1.72. The van der Waals surface area contributed by atoms with Crippen LogP contribution < -0.4 is 11.3 Å². The number of nitrogen functional groups attached to an aromatic ring is 1. The molecule has 0 atom stereocenters. The van der Waals surface area contributed by atoms with Crippen LogP contribution in [0.4, 0.5) is 5.69 Å². The quantitative estimate of drug-likeness (QED) is 0.771. The van der Waals surface area contributed by atoms with Crippen molar-refractivity contribution in [2.75, 3.05) is 5.73 Å². The Labute approximate surface area is 78.2 Å². The monoisotopic (exact) mass is 180 g/mol. The highest BCUT2D eigenvalue weighted by Gasteiger charge is 2.06. The zero-order valence-corrected chi connectivity index (χ0v) is 8.16. The van der Waals surface area contributed by atoms with Crippen LogP contribution in [-0.2, 0) is 0 Å². The first-order valence-electron chi connectivity index (χ1n) is 4.66. The highest BCUT2D eigenvalue weighted by Crippen LogP contribution is 2.13. The van der Waals surface area contributed by atoms with Gasteiger partial charge in [-0.1, -0.05) is 13.8 Å². The van der Waals surface area contributed by atoms with E-state index in [1.807, 2.05) is 0 Å². The molecule has 1 aromatic rings. The van der Waals surface area contributed by atoms with Gasteiger partial charge in [-0.3, -0.25) is 4.79 Å². The number of aromatic nitrogens is 1. The van der Waals surface area contributed by atoms with Gasteiger partial charge in [-0.15, -0.1) is 0 Å². The van der Waals surface area contributed by atoms with E-state index < -0.39 is 0 Å². The van der Waals surface area contributed by atoms with E-state index in [0.717, 1.165) is 12.8 Å². The molecular weight excluding hydrogens is 164 g/mol. The van der Waals surface area contributed by atoms with E-state index in [0.29, 0.717) is 5.69 Å². The molecule has 13 heavy (non-hydrogen) atoms. The molecule has 0 aliphatic rings. The predicted octanol–water partition coefficient (Wildman–Crippen LogP) is 1.79. The lowest BCUT2D eigenvalue weighted by molar-refractivity contribution is 0.459. The normalized spacial score (nSPS) is 10.7. The number of anilines is 1. The van der Waals surface area contributed by atoms with Crippen molar-refractivity contribution in [3.63, 3.8) is 0 Å². The van der Waals surface area contributed by atoms with Gasteiger partial charge in [-0.25, -0.2) is 0 Å². The SMILES string of the molecule is CCC(CC)n1cc(N)ccc1=O. The van der Waals surface area contributed by atoms with Gasteiger partial charge in [-0.05, 0) is 18.9 Å². The summed E-state index contributed by atoms with van der Waals surface area (Å²) in [5.41, 5.74) is 6.29. The Balaban J connectivity index is 3.11. The lowest BCUT2D eigenvalue weighted by Gasteiger charge is -2.16. The van der Waals surface area contributed by atoms with Crippen LogP contribution in [0.3, 0.4) is 0 Å². The van der Waals surface area contributed by atoms with Crippen LogP contribution in [0.25, 0.3) is 0 Å². The molecule has 1 heterocycles. The minimum atomic E-state index is 0.0305. The molecule has 0 aliphatic carbocycles. The predicted molar refractivity (Wildman–Crippen MR) is 54.7 cm³/mol. The number of hydrogen-bond acceptors (Lipinski definition) is 2. The maximum absolute atomic E-state index is 11.4. The number of rotatable bonds is 3. The molecule has 72 valence electrons. The van der Waals surface area contributed by atoms with Crippen LogP contribution >= 0.6 is 0 Å². The van der Waals surface area contributed by atoms with Gasteiger partial charge in [0.05, 0.1) is 0 Å². The summed E-state index contributed by atoms with van der Waals surface area (Å²) >= 11 is 0. The molecule has 1 rings (SSSR count). The molecule has 3 nitrogen and oxygen atoms in total. The summed E-state index contributed by atoms with van der Waals surface area (Å²) in [6.07, 6.45) is 3.64. The Morgan fingerprint density at radius 3 is 2.54 bits per heavy atom. The van der Waals surface area contributed by atoms with E-state index in [2.05, 4.69) is 13.8 Å². The minimum absolute atomic E-state index is 0.0305. The van der Waals surface area contributed by atoms with E-state index in [1.165, 1.54) is 6.07 Å². The summed E-state index contributed by atoms with van der Waals surface area (Å²) in [6, 6.07) is 3.44. The van der Waals surface area contributed by atoms with E-state index in [9.17, 15) is 4.79 Å². The van der Waals surface area contributed by atoms with Crippen LogP contribution in [0, 0.1) is 0 Å². The van der Waals surface area contributed by atoms with E-state index in [1.54, 1.807) is 16.8 Å². The van der Waals surface area contributed by atoms with E-state index >= 15 is 0 Å². The maximum Gasteiger partial charge on any atom is 0.250 e. The van der Waals surface area contributed by atoms with Crippen LogP contribution in [0.15, 0.2) is 23.1 Å². The molecule has 3 heteroatoms. The van der Waals surface area contributed by atoms with Crippen LogP contribution in [-0.4, -0.2) is 4.57 Å². The summed E-state index contributed by atoms with van der Waals surface area (Å²) in [4.78, 5) is 11.4. The Hall–Kier alpha value is -1.25. The number of nitrogens with two attached hydrogens (primary N) is 1. The fourth-order valence-corrected chi connectivity index (χ4v) is 1.49. The molecule has 0 amide bonds. The molecule has 2 N–H and O–H groups in total. The zero-order chi connectivity index (χ0) is 9.84. The second-order valence-corrected chi connectivity index (χ2v) is 3.18. The number of pyridine rings is 1. The zero-order valence-electron chi connectivity index (χ0n) is 8.16. The lowest BCUT2D eigenvalue weighted by Crippen LogP contribution is -2.23. The first-order chi connectivity index (χ1) is 6.19. The van der Waals surface area contributed by atoms with E-state index in [4.69, 9.17) is 5.73 Å². The second kappa shape index (κ2) is 4.12.